The minimum Gasteiger partial charge on any atom is -0.312 e. The molecule has 1 aromatic heterocycles. The van der Waals surface area contributed by atoms with Gasteiger partial charge >= 0.3 is 0 Å². The molecule has 3 heteroatoms. The number of rotatable bonds is 5. The van der Waals surface area contributed by atoms with Gasteiger partial charge in [-0.2, -0.15) is 5.10 Å². The minimum absolute atomic E-state index is 0.477. The van der Waals surface area contributed by atoms with Crippen molar-refractivity contribution in [2.24, 2.45) is 5.92 Å². The first-order valence-electron chi connectivity index (χ1n) is 6.54. The zero-order chi connectivity index (χ0) is 11.4. The van der Waals surface area contributed by atoms with Crippen LogP contribution in [0.4, 0.5) is 0 Å². The van der Waals surface area contributed by atoms with Crippen LogP contribution in [-0.2, 0) is 6.54 Å². The van der Waals surface area contributed by atoms with Gasteiger partial charge in [0.05, 0.1) is 5.69 Å². The third kappa shape index (κ3) is 2.46. The smallest absolute Gasteiger partial charge is 0.0553 e. The van der Waals surface area contributed by atoms with Gasteiger partial charge in [-0.05, 0) is 32.4 Å². The van der Waals surface area contributed by atoms with Gasteiger partial charge in [-0.25, -0.2) is 0 Å². The van der Waals surface area contributed by atoms with Crippen LogP contribution in [0.3, 0.4) is 0 Å². The van der Waals surface area contributed by atoms with Crippen LogP contribution in [0.5, 0.6) is 0 Å². The zero-order valence-electron chi connectivity index (χ0n) is 10.4. The average molecular weight is 221 g/mol. The van der Waals surface area contributed by atoms with E-state index in [0.717, 1.165) is 12.5 Å². The Morgan fingerprint density at radius 1 is 1.50 bits per heavy atom. The Labute approximate surface area is 98.2 Å². The molecular formula is C13H23N3. The first-order chi connectivity index (χ1) is 7.85. The molecule has 16 heavy (non-hydrogen) atoms. The summed E-state index contributed by atoms with van der Waals surface area (Å²) in [5.74, 6) is 0.914. The Morgan fingerprint density at radius 2 is 2.25 bits per heavy atom. The van der Waals surface area contributed by atoms with E-state index in [9.17, 15) is 0 Å². The second kappa shape index (κ2) is 5.48. The maximum absolute atomic E-state index is 4.35. The maximum atomic E-state index is 4.35. The fourth-order valence-electron chi connectivity index (χ4n) is 2.87. The summed E-state index contributed by atoms with van der Waals surface area (Å²) in [6, 6.07) is 2.63. The predicted octanol–water partition coefficient (Wildman–Crippen LogP) is 2.74. The lowest BCUT2D eigenvalue weighted by molar-refractivity contribution is 0.393. The molecule has 0 spiro atoms. The van der Waals surface area contributed by atoms with E-state index < -0.39 is 0 Å². The molecular weight excluding hydrogens is 198 g/mol. The molecule has 90 valence electrons. The molecule has 1 atom stereocenters. The topological polar surface area (TPSA) is 29.9 Å². The van der Waals surface area contributed by atoms with Crippen molar-refractivity contribution in [1.29, 1.82) is 0 Å². The molecule has 1 unspecified atom stereocenters. The molecule has 0 amide bonds. The van der Waals surface area contributed by atoms with Gasteiger partial charge < -0.3 is 5.32 Å². The molecule has 0 aromatic carbocycles. The maximum Gasteiger partial charge on any atom is 0.0553 e. The SMILES string of the molecule is CCn1nccc1C(CC1CCCC1)NC. The summed E-state index contributed by atoms with van der Waals surface area (Å²) < 4.78 is 2.11. The lowest BCUT2D eigenvalue weighted by Crippen LogP contribution is -2.22. The highest BCUT2D eigenvalue weighted by Gasteiger charge is 2.22. The second-order valence-electron chi connectivity index (χ2n) is 4.80. The number of aromatic nitrogens is 2. The third-order valence-electron chi connectivity index (χ3n) is 3.80. The van der Waals surface area contributed by atoms with E-state index in [2.05, 4.69) is 35.1 Å². The Balaban J connectivity index is 2.03. The minimum atomic E-state index is 0.477. The molecule has 1 fully saturated rings. The summed E-state index contributed by atoms with van der Waals surface area (Å²) in [6.07, 6.45) is 8.86. The molecule has 0 saturated heterocycles. The third-order valence-corrected chi connectivity index (χ3v) is 3.80. The molecule has 1 N–H and O–H groups in total. The largest absolute Gasteiger partial charge is 0.312 e. The Hall–Kier alpha value is -0.830. The van der Waals surface area contributed by atoms with Crippen molar-refractivity contribution in [3.8, 4) is 0 Å². The van der Waals surface area contributed by atoms with E-state index in [0.29, 0.717) is 6.04 Å². The van der Waals surface area contributed by atoms with E-state index >= 15 is 0 Å². The highest BCUT2D eigenvalue weighted by atomic mass is 15.3. The molecule has 2 rings (SSSR count). The average Bonchev–Trinajstić information content (AvgIpc) is 2.96. The van der Waals surface area contributed by atoms with Gasteiger partial charge in [-0.1, -0.05) is 25.7 Å². The number of hydrogen-bond donors (Lipinski definition) is 1. The van der Waals surface area contributed by atoms with Crippen molar-refractivity contribution in [3.05, 3.63) is 18.0 Å². The summed E-state index contributed by atoms with van der Waals surface area (Å²) in [5.41, 5.74) is 1.34. The molecule has 3 nitrogen and oxygen atoms in total. The van der Waals surface area contributed by atoms with E-state index in [1.807, 2.05) is 6.20 Å². The number of aryl methyl sites for hydroxylation is 1. The van der Waals surface area contributed by atoms with Crippen LogP contribution in [-0.4, -0.2) is 16.8 Å². The van der Waals surface area contributed by atoms with E-state index in [1.165, 1.54) is 37.8 Å². The van der Waals surface area contributed by atoms with E-state index in [1.54, 1.807) is 0 Å². The standard InChI is InChI=1S/C13H23N3/c1-3-16-13(8-9-15-16)12(14-2)10-11-6-4-5-7-11/h8-9,11-12,14H,3-7,10H2,1-2H3. The quantitative estimate of drug-likeness (QED) is 0.828. The summed E-state index contributed by atoms with van der Waals surface area (Å²) >= 11 is 0. The molecule has 1 aromatic rings. The Morgan fingerprint density at radius 3 is 2.88 bits per heavy atom. The highest BCUT2D eigenvalue weighted by Crippen LogP contribution is 2.32. The van der Waals surface area contributed by atoms with Gasteiger partial charge in [0.1, 0.15) is 0 Å². The second-order valence-corrected chi connectivity index (χ2v) is 4.80. The van der Waals surface area contributed by atoms with Crippen molar-refractivity contribution in [1.82, 2.24) is 15.1 Å². The van der Waals surface area contributed by atoms with Crippen molar-refractivity contribution in [2.45, 2.75) is 51.6 Å². The van der Waals surface area contributed by atoms with Crippen LogP contribution in [0.2, 0.25) is 0 Å². The number of hydrogen-bond acceptors (Lipinski definition) is 2. The molecule has 1 heterocycles. The highest BCUT2D eigenvalue weighted by molar-refractivity contribution is 5.07. The van der Waals surface area contributed by atoms with Crippen LogP contribution < -0.4 is 5.32 Å². The van der Waals surface area contributed by atoms with Crippen LogP contribution >= 0.6 is 0 Å². The van der Waals surface area contributed by atoms with E-state index in [4.69, 9.17) is 0 Å². The molecule has 1 aliphatic carbocycles. The van der Waals surface area contributed by atoms with Crippen LogP contribution in [0.1, 0.15) is 50.8 Å². The molecule has 0 aliphatic heterocycles. The van der Waals surface area contributed by atoms with Crippen molar-refractivity contribution in [3.63, 3.8) is 0 Å². The van der Waals surface area contributed by atoms with Crippen molar-refractivity contribution in [2.75, 3.05) is 7.05 Å². The van der Waals surface area contributed by atoms with Crippen LogP contribution in [0.15, 0.2) is 12.3 Å². The van der Waals surface area contributed by atoms with Gasteiger partial charge in [0.25, 0.3) is 0 Å². The monoisotopic (exact) mass is 221 g/mol. The van der Waals surface area contributed by atoms with Crippen LogP contribution in [0.25, 0.3) is 0 Å². The molecule has 0 radical (unpaired) electrons. The summed E-state index contributed by atoms with van der Waals surface area (Å²) in [6.45, 7) is 3.12. The Kier molecular flexibility index (Phi) is 3.99. The zero-order valence-corrected chi connectivity index (χ0v) is 10.4. The van der Waals surface area contributed by atoms with Gasteiger partial charge in [-0.15, -0.1) is 0 Å². The summed E-state index contributed by atoms with van der Waals surface area (Å²) in [7, 11) is 2.06. The van der Waals surface area contributed by atoms with Crippen molar-refractivity contribution >= 4 is 0 Å². The molecule has 0 bridgehead atoms. The lowest BCUT2D eigenvalue weighted by atomic mass is 9.96. The van der Waals surface area contributed by atoms with Gasteiger partial charge in [0, 0.05) is 18.8 Å². The molecule has 1 saturated carbocycles. The molecule has 1 aliphatic rings. The first kappa shape index (κ1) is 11.6. The fourth-order valence-corrected chi connectivity index (χ4v) is 2.87. The first-order valence-corrected chi connectivity index (χ1v) is 6.54. The summed E-state index contributed by atoms with van der Waals surface area (Å²) in [5, 5.41) is 7.80. The van der Waals surface area contributed by atoms with Gasteiger partial charge in [0.2, 0.25) is 0 Å². The fraction of sp³-hybridized carbons (Fsp3) is 0.769. The predicted molar refractivity (Wildman–Crippen MR) is 66.3 cm³/mol. The summed E-state index contributed by atoms with van der Waals surface area (Å²) in [4.78, 5) is 0. The number of nitrogens with zero attached hydrogens (tertiary/aromatic N) is 2. The van der Waals surface area contributed by atoms with Crippen LogP contribution in [0, 0.1) is 5.92 Å². The lowest BCUT2D eigenvalue weighted by Gasteiger charge is -2.20. The van der Waals surface area contributed by atoms with Crippen molar-refractivity contribution < 1.29 is 0 Å². The normalized spacial score (nSPS) is 19.1. The number of nitrogens with one attached hydrogen (secondary N) is 1. The Bertz CT molecular complexity index is 313. The van der Waals surface area contributed by atoms with E-state index in [-0.39, 0.29) is 0 Å². The van der Waals surface area contributed by atoms with Gasteiger partial charge in [-0.3, -0.25) is 4.68 Å². The van der Waals surface area contributed by atoms with Gasteiger partial charge in [0.15, 0.2) is 0 Å².